The fraction of sp³-hybridized carbons (Fsp3) is 0.300. The first kappa shape index (κ1) is 12.6. The van der Waals surface area contributed by atoms with Crippen LogP contribution in [-0.4, -0.2) is 12.8 Å². The first-order chi connectivity index (χ1) is 7.54. The Labute approximate surface area is 97.1 Å². The standard InChI is InChI=1S/C10H11ClFNO3/c1-2-3-15-10(14)16-9-5-8(13)7(12)4-6(9)11/h4-5H,2-3,13H2,1H3. The summed E-state index contributed by atoms with van der Waals surface area (Å²) in [4.78, 5) is 11.1. The molecule has 0 amide bonds. The van der Waals surface area contributed by atoms with Crippen LogP contribution in [0, 0.1) is 5.82 Å². The van der Waals surface area contributed by atoms with Gasteiger partial charge < -0.3 is 15.2 Å². The average Bonchev–Trinajstić information content (AvgIpc) is 2.23. The fourth-order valence-electron chi connectivity index (χ4n) is 0.928. The molecular formula is C10H11ClFNO3. The minimum absolute atomic E-state index is 0.0262. The maximum Gasteiger partial charge on any atom is 0.513 e. The van der Waals surface area contributed by atoms with E-state index in [4.69, 9.17) is 22.1 Å². The van der Waals surface area contributed by atoms with Crippen LogP contribution in [0.5, 0.6) is 5.75 Å². The number of hydrogen-bond donors (Lipinski definition) is 1. The topological polar surface area (TPSA) is 61.5 Å². The Balaban J connectivity index is 2.73. The summed E-state index contributed by atoms with van der Waals surface area (Å²) in [7, 11) is 0. The van der Waals surface area contributed by atoms with Gasteiger partial charge in [-0.1, -0.05) is 18.5 Å². The third-order valence-electron chi connectivity index (χ3n) is 1.67. The number of rotatable bonds is 3. The van der Waals surface area contributed by atoms with E-state index in [1.807, 2.05) is 6.92 Å². The highest BCUT2D eigenvalue weighted by Gasteiger charge is 2.12. The number of carbonyl (C=O) groups excluding carboxylic acids is 1. The van der Waals surface area contributed by atoms with Gasteiger partial charge in [0.15, 0.2) is 5.75 Å². The van der Waals surface area contributed by atoms with Crippen molar-refractivity contribution in [2.24, 2.45) is 0 Å². The van der Waals surface area contributed by atoms with E-state index in [0.29, 0.717) is 6.42 Å². The minimum Gasteiger partial charge on any atom is -0.434 e. The predicted molar refractivity (Wildman–Crippen MR) is 58.1 cm³/mol. The van der Waals surface area contributed by atoms with Crippen molar-refractivity contribution in [2.45, 2.75) is 13.3 Å². The molecule has 6 heteroatoms. The molecule has 0 aromatic heterocycles. The number of benzene rings is 1. The maximum absolute atomic E-state index is 12.9. The number of carbonyl (C=O) groups is 1. The van der Waals surface area contributed by atoms with E-state index in [1.54, 1.807) is 0 Å². The third-order valence-corrected chi connectivity index (χ3v) is 1.96. The van der Waals surface area contributed by atoms with Crippen molar-refractivity contribution in [1.82, 2.24) is 0 Å². The Kier molecular flexibility index (Phi) is 4.37. The van der Waals surface area contributed by atoms with Crippen LogP contribution in [0.4, 0.5) is 14.9 Å². The van der Waals surface area contributed by atoms with Gasteiger partial charge in [-0.25, -0.2) is 9.18 Å². The number of hydrogen-bond acceptors (Lipinski definition) is 4. The van der Waals surface area contributed by atoms with Crippen molar-refractivity contribution in [3.63, 3.8) is 0 Å². The molecule has 0 bridgehead atoms. The number of nitrogens with two attached hydrogens (primary N) is 1. The van der Waals surface area contributed by atoms with Gasteiger partial charge in [0.05, 0.1) is 17.3 Å². The van der Waals surface area contributed by atoms with Crippen LogP contribution in [0.25, 0.3) is 0 Å². The Bertz CT molecular complexity index is 398. The Hall–Kier alpha value is -1.49. The summed E-state index contributed by atoms with van der Waals surface area (Å²) in [5.74, 6) is -0.694. The molecule has 0 heterocycles. The molecule has 0 fully saturated rings. The molecule has 0 unspecified atom stereocenters. The van der Waals surface area contributed by atoms with E-state index in [0.717, 1.165) is 12.1 Å². The van der Waals surface area contributed by atoms with Crippen LogP contribution in [0.3, 0.4) is 0 Å². The third kappa shape index (κ3) is 3.27. The van der Waals surface area contributed by atoms with Crippen LogP contribution in [-0.2, 0) is 4.74 Å². The molecule has 1 aromatic rings. The quantitative estimate of drug-likeness (QED) is 0.507. The van der Waals surface area contributed by atoms with Gasteiger partial charge in [-0.15, -0.1) is 0 Å². The van der Waals surface area contributed by atoms with E-state index in [9.17, 15) is 9.18 Å². The molecule has 0 aliphatic heterocycles. The molecule has 4 nitrogen and oxygen atoms in total. The van der Waals surface area contributed by atoms with E-state index in [2.05, 4.69) is 4.74 Å². The van der Waals surface area contributed by atoms with Crippen LogP contribution >= 0.6 is 11.6 Å². The monoisotopic (exact) mass is 247 g/mol. The van der Waals surface area contributed by atoms with Gasteiger partial charge in [0.25, 0.3) is 0 Å². The summed E-state index contributed by atoms with van der Waals surface area (Å²) in [6, 6.07) is 2.10. The van der Waals surface area contributed by atoms with Crippen molar-refractivity contribution in [1.29, 1.82) is 0 Å². The first-order valence-corrected chi connectivity index (χ1v) is 5.01. The van der Waals surface area contributed by atoms with Crippen LogP contribution < -0.4 is 10.5 Å². The lowest BCUT2D eigenvalue weighted by molar-refractivity contribution is 0.0992. The molecule has 2 N–H and O–H groups in total. The highest BCUT2D eigenvalue weighted by Crippen LogP contribution is 2.29. The summed E-state index contributed by atoms with van der Waals surface area (Å²) in [6.07, 6.45) is -0.219. The lowest BCUT2D eigenvalue weighted by atomic mass is 10.3. The molecule has 88 valence electrons. The Morgan fingerprint density at radius 2 is 2.25 bits per heavy atom. The molecular weight excluding hydrogens is 237 g/mol. The van der Waals surface area contributed by atoms with Gasteiger partial charge >= 0.3 is 6.16 Å². The normalized spacial score (nSPS) is 9.94. The van der Waals surface area contributed by atoms with Crippen molar-refractivity contribution >= 4 is 23.4 Å². The van der Waals surface area contributed by atoms with E-state index >= 15 is 0 Å². The Morgan fingerprint density at radius 3 is 2.88 bits per heavy atom. The molecule has 0 aliphatic carbocycles. The second kappa shape index (κ2) is 5.55. The van der Waals surface area contributed by atoms with Gasteiger partial charge in [-0.05, 0) is 12.5 Å². The molecule has 0 atom stereocenters. The fourth-order valence-corrected chi connectivity index (χ4v) is 1.12. The summed E-state index contributed by atoms with van der Waals surface area (Å²) in [6.45, 7) is 2.09. The SMILES string of the molecule is CCCOC(=O)Oc1cc(N)c(F)cc1Cl. The minimum atomic E-state index is -0.894. The number of ether oxygens (including phenoxy) is 2. The smallest absolute Gasteiger partial charge is 0.434 e. The van der Waals surface area contributed by atoms with Gasteiger partial charge in [0, 0.05) is 6.07 Å². The van der Waals surface area contributed by atoms with Crippen LogP contribution in [0.2, 0.25) is 5.02 Å². The van der Waals surface area contributed by atoms with E-state index in [-0.39, 0.29) is 23.1 Å². The molecule has 0 spiro atoms. The van der Waals surface area contributed by atoms with Crippen LogP contribution in [0.15, 0.2) is 12.1 Å². The summed E-state index contributed by atoms with van der Waals surface area (Å²) in [5.41, 5.74) is 5.15. The zero-order valence-corrected chi connectivity index (χ0v) is 9.38. The summed E-state index contributed by atoms with van der Waals surface area (Å²) < 4.78 is 22.3. The molecule has 0 saturated heterocycles. The number of nitrogen functional groups attached to an aromatic ring is 1. The van der Waals surface area contributed by atoms with E-state index in [1.165, 1.54) is 0 Å². The van der Waals surface area contributed by atoms with Crippen molar-refractivity contribution in [2.75, 3.05) is 12.3 Å². The zero-order chi connectivity index (χ0) is 12.1. The number of halogens is 2. The summed E-state index contributed by atoms with van der Waals surface area (Å²) in [5, 5.41) is -0.0415. The van der Waals surface area contributed by atoms with Crippen molar-refractivity contribution in [3.05, 3.63) is 23.0 Å². The zero-order valence-electron chi connectivity index (χ0n) is 8.63. The molecule has 16 heavy (non-hydrogen) atoms. The van der Waals surface area contributed by atoms with Gasteiger partial charge in [-0.3, -0.25) is 0 Å². The maximum atomic E-state index is 12.9. The van der Waals surface area contributed by atoms with Crippen LogP contribution in [0.1, 0.15) is 13.3 Å². The van der Waals surface area contributed by atoms with Gasteiger partial charge in [0.2, 0.25) is 0 Å². The molecule has 0 aliphatic rings. The summed E-state index contributed by atoms with van der Waals surface area (Å²) >= 11 is 5.65. The molecule has 0 saturated carbocycles. The second-order valence-electron chi connectivity index (χ2n) is 3.00. The molecule has 1 rings (SSSR count). The largest absolute Gasteiger partial charge is 0.513 e. The van der Waals surface area contributed by atoms with Gasteiger partial charge in [-0.2, -0.15) is 0 Å². The molecule has 0 radical (unpaired) electrons. The highest BCUT2D eigenvalue weighted by atomic mass is 35.5. The highest BCUT2D eigenvalue weighted by molar-refractivity contribution is 6.32. The van der Waals surface area contributed by atoms with Gasteiger partial charge in [0.1, 0.15) is 5.82 Å². The average molecular weight is 248 g/mol. The van der Waals surface area contributed by atoms with E-state index < -0.39 is 12.0 Å². The lowest BCUT2D eigenvalue weighted by Gasteiger charge is -2.07. The predicted octanol–water partition coefficient (Wildman–Crippen LogP) is 2.99. The first-order valence-electron chi connectivity index (χ1n) is 4.63. The van der Waals surface area contributed by atoms with Crippen molar-refractivity contribution in [3.8, 4) is 5.75 Å². The molecule has 1 aromatic carbocycles. The lowest BCUT2D eigenvalue weighted by Crippen LogP contribution is -2.11. The van der Waals surface area contributed by atoms with Crippen molar-refractivity contribution < 1.29 is 18.7 Å². The Morgan fingerprint density at radius 1 is 1.56 bits per heavy atom. The number of anilines is 1. The second-order valence-corrected chi connectivity index (χ2v) is 3.41.